The number of unbranched alkanes of at least 4 members (excludes halogenated alkanes) is 9. The van der Waals surface area contributed by atoms with Gasteiger partial charge < -0.3 is 16.7 Å². The van der Waals surface area contributed by atoms with Crippen molar-refractivity contribution in [3.63, 3.8) is 0 Å². The Morgan fingerprint density at radius 1 is 0.900 bits per heavy atom. The van der Waals surface area contributed by atoms with E-state index >= 15 is 0 Å². The first kappa shape index (κ1) is 19.4. The maximum absolute atomic E-state index is 6.25. The molecule has 0 aliphatic carbocycles. The predicted octanol–water partition coefficient (Wildman–Crippen LogP) is 4.07. The Kier molecular flexibility index (Phi) is 14.4. The van der Waals surface area contributed by atoms with Gasteiger partial charge >= 0.3 is 0 Å². The van der Waals surface area contributed by atoms with Crippen LogP contribution in [-0.2, 0) is 0 Å². The zero-order valence-corrected chi connectivity index (χ0v) is 13.9. The number of quaternary nitrogens is 1. The molecule has 1 heterocycles. The molecule has 2 atom stereocenters. The minimum absolute atomic E-state index is 0.948. The minimum Gasteiger partial charge on any atom is -0.512 e. The SMILES string of the molecule is CCCCCCCCCCCC[NH+]1CCCC1C.[C-]#N. The van der Waals surface area contributed by atoms with E-state index in [-0.39, 0.29) is 0 Å². The average molecular weight is 280 g/mol. The summed E-state index contributed by atoms with van der Waals surface area (Å²) in [5.74, 6) is 0. The van der Waals surface area contributed by atoms with Crippen LogP contribution in [0.3, 0.4) is 0 Å². The smallest absolute Gasteiger partial charge is 0.0848 e. The Labute approximate surface area is 127 Å². The lowest BCUT2D eigenvalue weighted by molar-refractivity contribution is -0.910. The zero-order chi connectivity index (χ0) is 15.1. The molecule has 1 aliphatic rings. The molecule has 2 unspecified atom stereocenters. The molecule has 0 amide bonds. The van der Waals surface area contributed by atoms with E-state index in [1.54, 1.807) is 0 Å². The van der Waals surface area contributed by atoms with Crippen molar-refractivity contribution in [2.24, 2.45) is 0 Å². The molecule has 2 nitrogen and oxygen atoms in total. The molecule has 0 radical (unpaired) electrons. The molecular weight excluding hydrogens is 244 g/mol. The average Bonchev–Trinajstić information content (AvgIpc) is 2.89. The van der Waals surface area contributed by atoms with E-state index in [9.17, 15) is 0 Å². The lowest BCUT2D eigenvalue weighted by Crippen LogP contribution is -3.13. The molecule has 1 rings (SSSR count). The third-order valence-electron chi connectivity index (χ3n) is 4.68. The molecule has 1 aliphatic heterocycles. The number of likely N-dealkylation sites (tertiary alicyclic amines) is 1. The van der Waals surface area contributed by atoms with Crippen LogP contribution >= 0.6 is 0 Å². The van der Waals surface area contributed by atoms with E-state index in [0.717, 1.165) is 6.04 Å². The standard InChI is InChI=1S/C17H35N.CN/c1-3-4-5-6-7-8-9-10-11-12-15-18-16-13-14-17(18)2;1-2/h17H,3-16H2,1-2H3;/q;-1/p+1. The number of nitrogens with zero attached hydrogens (tertiary/aromatic N) is 1. The van der Waals surface area contributed by atoms with Gasteiger partial charge in [-0.3, -0.25) is 0 Å². The second-order valence-corrected chi connectivity index (χ2v) is 6.38. The molecule has 20 heavy (non-hydrogen) atoms. The fraction of sp³-hybridized carbons (Fsp3) is 0.944. The van der Waals surface area contributed by atoms with Crippen LogP contribution in [0.5, 0.6) is 0 Å². The minimum atomic E-state index is 0.948. The Hall–Kier alpha value is -0.550. The molecule has 0 saturated carbocycles. The summed E-state index contributed by atoms with van der Waals surface area (Å²) in [6.07, 6.45) is 17.6. The first-order valence-corrected chi connectivity index (χ1v) is 8.91. The quantitative estimate of drug-likeness (QED) is 0.448. The third-order valence-corrected chi connectivity index (χ3v) is 4.68. The molecule has 0 bridgehead atoms. The largest absolute Gasteiger partial charge is 0.512 e. The lowest BCUT2D eigenvalue weighted by Gasteiger charge is -2.17. The number of rotatable bonds is 11. The molecule has 1 saturated heterocycles. The van der Waals surface area contributed by atoms with Crippen LogP contribution in [-0.4, -0.2) is 19.1 Å². The van der Waals surface area contributed by atoms with Gasteiger partial charge in [0.2, 0.25) is 0 Å². The molecule has 2 heteroatoms. The summed E-state index contributed by atoms with van der Waals surface area (Å²) < 4.78 is 0. The Morgan fingerprint density at radius 3 is 1.85 bits per heavy atom. The number of hydrogen-bond donors (Lipinski definition) is 1. The number of hydrogen-bond acceptors (Lipinski definition) is 1. The maximum Gasteiger partial charge on any atom is 0.0848 e. The van der Waals surface area contributed by atoms with Gasteiger partial charge in [-0.25, -0.2) is 0 Å². The van der Waals surface area contributed by atoms with Gasteiger partial charge in [0.15, 0.2) is 0 Å². The summed E-state index contributed by atoms with van der Waals surface area (Å²) in [5.41, 5.74) is 0. The highest BCUT2D eigenvalue weighted by molar-refractivity contribution is 4.56. The van der Waals surface area contributed by atoms with Gasteiger partial charge in [0.05, 0.1) is 19.1 Å². The zero-order valence-electron chi connectivity index (χ0n) is 13.9. The Morgan fingerprint density at radius 2 is 1.40 bits per heavy atom. The van der Waals surface area contributed by atoms with E-state index in [0.29, 0.717) is 0 Å². The first-order chi connectivity index (χ1) is 9.84. The van der Waals surface area contributed by atoms with Gasteiger partial charge in [-0.05, 0) is 19.8 Å². The fourth-order valence-electron chi connectivity index (χ4n) is 3.30. The molecule has 0 aromatic carbocycles. The van der Waals surface area contributed by atoms with Crippen LogP contribution in [0.2, 0.25) is 0 Å². The van der Waals surface area contributed by atoms with Gasteiger partial charge in [-0.1, -0.05) is 58.3 Å². The normalized spacial score (nSPS) is 21.4. The van der Waals surface area contributed by atoms with Crippen LogP contribution in [0.1, 0.15) is 90.9 Å². The van der Waals surface area contributed by atoms with Gasteiger partial charge in [0.1, 0.15) is 0 Å². The Bertz CT molecular complexity index is 213. The highest BCUT2D eigenvalue weighted by Crippen LogP contribution is 2.10. The molecule has 1 N–H and O–H groups in total. The lowest BCUT2D eigenvalue weighted by atomic mass is 10.1. The first-order valence-electron chi connectivity index (χ1n) is 8.91. The van der Waals surface area contributed by atoms with E-state index in [1.807, 2.05) is 4.90 Å². The van der Waals surface area contributed by atoms with E-state index < -0.39 is 0 Å². The number of nitrogens with one attached hydrogen (secondary N) is 1. The van der Waals surface area contributed by atoms with Gasteiger partial charge in [0.25, 0.3) is 0 Å². The topological polar surface area (TPSA) is 28.2 Å². The summed E-state index contributed by atoms with van der Waals surface area (Å²) in [6.45, 7) is 12.4. The predicted molar refractivity (Wildman–Crippen MR) is 86.2 cm³/mol. The molecule has 118 valence electrons. The molecular formula is C18H36N2. The molecule has 0 spiro atoms. The fourth-order valence-corrected chi connectivity index (χ4v) is 3.30. The van der Waals surface area contributed by atoms with Gasteiger partial charge in [-0.15, -0.1) is 0 Å². The second kappa shape index (κ2) is 14.9. The van der Waals surface area contributed by atoms with Crippen LogP contribution in [0.4, 0.5) is 0 Å². The summed E-state index contributed by atoms with van der Waals surface area (Å²) in [6, 6.07) is 0.948. The van der Waals surface area contributed by atoms with Gasteiger partial charge in [0, 0.05) is 12.8 Å². The van der Waals surface area contributed by atoms with Gasteiger partial charge in [-0.2, -0.15) is 0 Å². The van der Waals surface area contributed by atoms with Crippen LogP contribution in [0.25, 0.3) is 0 Å². The monoisotopic (exact) mass is 280 g/mol. The second-order valence-electron chi connectivity index (χ2n) is 6.38. The Balaban J connectivity index is 0.00000172. The van der Waals surface area contributed by atoms with Crippen molar-refractivity contribution in [3.8, 4) is 0 Å². The third kappa shape index (κ3) is 10.3. The molecule has 0 aromatic heterocycles. The van der Waals surface area contributed by atoms with Crippen LogP contribution in [0.15, 0.2) is 0 Å². The van der Waals surface area contributed by atoms with Crippen molar-refractivity contribution in [3.05, 3.63) is 6.57 Å². The van der Waals surface area contributed by atoms with E-state index in [2.05, 4.69) is 13.8 Å². The highest BCUT2D eigenvalue weighted by atomic mass is 15.2. The summed E-state index contributed by atoms with van der Waals surface area (Å²) in [4.78, 5) is 1.88. The molecule has 0 aromatic rings. The molecule has 1 fully saturated rings. The van der Waals surface area contributed by atoms with E-state index in [1.165, 1.54) is 90.1 Å². The van der Waals surface area contributed by atoms with Crippen LogP contribution in [0, 0.1) is 11.8 Å². The van der Waals surface area contributed by atoms with Crippen molar-refractivity contribution < 1.29 is 4.90 Å². The van der Waals surface area contributed by atoms with Crippen molar-refractivity contribution in [2.75, 3.05) is 13.1 Å². The summed E-state index contributed by atoms with van der Waals surface area (Å²) >= 11 is 0. The maximum atomic E-state index is 6.25. The summed E-state index contributed by atoms with van der Waals surface area (Å²) in [5, 5.41) is 6.25. The van der Waals surface area contributed by atoms with Crippen molar-refractivity contribution in [1.29, 1.82) is 5.26 Å². The van der Waals surface area contributed by atoms with Crippen LogP contribution < -0.4 is 4.90 Å². The van der Waals surface area contributed by atoms with E-state index in [4.69, 9.17) is 11.8 Å². The van der Waals surface area contributed by atoms with Crippen molar-refractivity contribution in [1.82, 2.24) is 0 Å². The highest BCUT2D eigenvalue weighted by Gasteiger charge is 2.22. The van der Waals surface area contributed by atoms with Crippen molar-refractivity contribution in [2.45, 2.75) is 96.9 Å². The summed E-state index contributed by atoms with van der Waals surface area (Å²) in [7, 11) is 0. The van der Waals surface area contributed by atoms with Crippen molar-refractivity contribution >= 4 is 0 Å².